The molecule has 1 heterocycles. The van der Waals surface area contributed by atoms with Gasteiger partial charge >= 0.3 is 0 Å². The summed E-state index contributed by atoms with van der Waals surface area (Å²) in [4.78, 5) is 4.11. The summed E-state index contributed by atoms with van der Waals surface area (Å²) in [5.41, 5.74) is 1.41. The zero-order chi connectivity index (χ0) is 12.7. The van der Waals surface area contributed by atoms with Crippen molar-refractivity contribution in [1.82, 2.24) is 10.3 Å². The van der Waals surface area contributed by atoms with Gasteiger partial charge in [0.25, 0.3) is 0 Å². The molecule has 0 aromatic carbocycles. The molecule has 2 unspecified atom stereocenters. The highest BCUT2D eigenvalue weighted by Gasteiger charge is 2.18. The number of aromatic nitrogens is 1. The monoisotopic (exact) mass is 234 g/mol. The average molecular weight is 234 g/mol. The maximum absolute atomic E-state index is 4.11. The van der Waals surface area contributed by atoms with E-state index in [1.54, 1.807) is 0 Å². The average Bonchev–Trinajstić information content (AvgIpc) is 2.30. The van der Waals surface area contributed by atoms with E-state index in [1.807, 2.05) is 12.4 Å². The predicted octanol–water partition coefficient (Wildman–Crippen LogP) is 3.60. The second-order valence-electron chi connectivity index (χ2n) is 5.22. The van der Waals surface area contributed by atoms with Crippen LogP contribution in [0.15, 0.2) is 24.5 Å². The molecule has 1 aromatic rings. The summed E-state index contributed by atoms with van der Waals surface area (Å²) < 4.78 is 0. The Labute approximate surface area is 106 Å². The van der Waals surface area contributed by atoms with Crippen LogP contribution in [0.1, 0.15) is 52.0 Å². The third-order valence-electron chi connectivity index (χ3n) is 3.31. The molecule has 0 aliphatic carbocycles. The zero-order valence-electron chi connectivity index (χ0n) is 11.6. The highest BCUT2D eigenvalue weighted by molar-refractivity contribution is 5.17. The van der Waals surface area contributed by atoms with E-state index in [4.69, 9.17) is 0 Å². The summed E-state index contributed by atoms with van der Waals surface area (Å²) in [6.45, 7) is 10.1. The molecule has 0 spiro atoms. The Balaban J connectivity index is 2.71. The first-order valence-electron chi connectivity index (χ1n) is 6.78. The van der Waals surface area contributed by atoms with E-state index in [9.17, 15) is 0 Å². The lowest BCUT2D eigenvalue weighted by Crippen LogP contribution is -2.30. The molecule has 1 N–H and O–H groups in total. The maximum atomic E-state index is 4.11. The van der Waals surface area contributed by atoms with Crippen molar-refractivity contribution in [2.45, 2.75) is 52.5 Å². The summed E-state index contributed by atoms with van der Waals surface area (Å²) in [6.07, 6.45) is 6.34. The van der Waals surface area contributed by atoms with E-state index in [2.05, 4.69) is 50.1 Å². The molecule has 2 heteroatoms. The Morgan fingerprint density at radius 3 is 2.35 bits per heavy atom. The molecule has 0 aliphatic rings. The molecule has 17 heavy (non-hydrogen) atoms. The van der Waals surface area contributed by atoms with E-state index in [0.717, 1.165) is 6.54 Å². The van der Waals surface area contributed by atoms with Gasteiger partial charge in [-0.3, -0.25) is 4.98 Å². The predicted molar refractivity (Wildman–Crippen MR) is 74.2 cm³/mol. The van der Waals surface area contributed by atoms with Gasteiger partial charge in [-0.15, -0.1) is 0 Å². The first-order chi connectivity index (χ1) is 8.15. The number of nitrogens with one attached hydrogen (secondary N) is 1. The lowest BCUT2D eigenvalue weighted by molar-refractivity contribution is 0.392. The Bertz CT molecular complexity index is 295. The van der Waals surface area contributed by atoms with Crippen LogP contribution in [0.25, 0.3) is 0 Å². The van der Waals surface area contributed by atoms with Gasteiger partial charge in [-0.25, -0.2) is 0 Å². The Morgan fingerprint density at radius 1 is 1.18 bits per heavy atom. The van der Waals surface area contributed by atoms with E-state index in [0.29, 0.717) is 17.9 Å². The largest absolute Gasteiger partial charge is 0.314 e. The maximum Gasteiger partial charge on any atom is 0.0270 e. The van der Waals surface area contributed by atoms with Crippen LogP contribution in [0.4, 0.5) is 0 Å². The van der Waals surface area contributed by atoms with Crippen molar-refractivity contribution in [3.05, 3.63) is 30.1 Å². The molecular formula is C15H26N2. The SMILES string of the molecule is CCCC(C)C(CNC(C)C)c1ccncc1. The molecule has 2 atom stereocenters. The van der Waals surface area contributed by atoms with Crippen molar-refractivity contribution >= 4 is 0 Å². The minimum Gasteiger partial charge on any atom is -0.314 e. The van der Waals surface area contributed by atoms with Gasteiger partial charge in [-0.2, -0.15) is 0 Å². The van der Waals surface area contributed by atoms with Crippen molar-refractivity contribution in [2.75, 3.05) is 6.54 Å². The summed E-state index contributed by atoms with van der Waals surface area (Å²) in [5.74, 6) is 1.31. The van der Waals surface area contributed by atoms with Crippen molar-refractivity contribution in [3.63, 3.8) is 0 Å². The van der Waals surface area contributed by atoms with Crippen LogP contribution in [-0.2, 0) is 0 Å². The topological polar surface area (TPSA) is 24.9 Å². The van der Waals surface area contributed by atoms with E-state index in [1.165, 1.54) is 18.4 Å². The first kappa shape index (κ1) is 14.2. The molecule has 0 fully saturated rings. The summed E-state index contributed by atoms with van der Waals surface area (Å²) in [5, 5.41) is 3.56. The van der Waals surface area contributed by atoms with Crippen LogP contribution >= 0.6 is 0 Å². The summed E-state index contributed by atoms with van der Waals surface area (Å²) in [7, 11) is 0. The van der Waals surface area contributed by atoms with Gasteiger partial charge in [-0.1, -0.05) is 40.5 Å². The molecule has 0 radical (unpaired) electrons. The standard InChI is InChI=1S/C15H26N2/c1-5-6-13(4)15(11-17-12(2)3)14-7-9-16-10-8-14/h7-10,12-13,15,17H,5-6,11H2,1-4H3. The van der Waals surface area contributed by atoms with Gasteiger partial charge in [0.2, 0.25) is 0 Å². The number of nitrogens with zero attached hydrogens (tertiary/aromatic N) is 1. The Kier molecular flexibility index (Phi) is 6.20. The second kappa shape index (κ2) is 7.44. The third-order valence-corrected chi connectivity index (χ3v) is 3.31. The van der Waals surface area contributed by atoms with Crippen molar-refractivity contribution in [1.29, 1.82) is 0 Å². The Morgan fingerprint density at radius 2 is 1.82 bits per heavy atom. The van der Waals surface area contributed by atoms with Gasteiger partial charge < -0.3 is 5.32 Å². The van der Waals surface area contributed by atoms with Gasteiger partial charge in [0.05, 0.1) is 0 Å². The van der Waals surface area contributed by atoms with Crippen LogP contribution < -0.4 is 5.32 Å². The fourth-order valence-corrected chi connectivity index (χ4v) is 2.28. The van der Waals surface area contributed by atoms with Gasteiger partial charge in [0.15, 0.2) is 0 Å². The minimum atomic E-state index is 0.549. The fraction of sp³-hybridized carbons (Fsp3) is 0.667. The zero-order valence-corrected chi connectivity index (χ0v) is 11.6. The van der Waals surface area contributed by atoms with E-state index < -0.39 is 0 Å². The number of hydrogen-bond donors (Lipinski definition) is 1. The summed E-state index contributed by atoms with van der Waals surface area (Å²) >= 11 is 0. The molecule has 0 saturated heterocycles. The highest BCUT2D eigenvalue weighted by Crippen LogP contribution is 2.27. The van der Waals surface area contributed by atoms with Crippen LogP contribution in [-0.4, -0.2) is 17.6 Å². The molecular weight excluding hydrogens is 208 g/mol. The molecule has 0 saturated carbocycles. The van der Waals surface area contributed by atoms with Gasteiger partial charge in [0, 0.05) is 25.0 Å². The van der Waals surface area contributed by atoms with E-state index >= 15 is 0 Å². The van der Waals surface area contributed by atoms with Crippen LogP contribution in [0, 0.1) is 5.92 Å². The molecule has 0 bridgehead atoms. The Hall–Kier alpha value is -0.890. The molecule has 0 amide bonds. The van der Waals surface area contributed by atoms with Gasteiger partial charge in [-0.05, 0) is 29.5 Å². The van der Waals surface area contributed by atoms with Crippen molar-refractivity contribution in [3.8, 4) is 0 Å². The minimum absolute atomic E-state index is 0.549. The van der Waals surface area contributed by atoms with E-state index in [-0.39, 0.29) is 0 Å². The molecule has 1 aromatic heterocycles. The highest BCUT2D eigenvalue weighted by atomic mass is 14.9. The number of pyridine rings is 1. The third kappa shape index (κ3) is 4.86. The normalized spacial score (nSPS) is 14.9. The molecule has 96 valence electrons. The van der Waals surface area contributed by atoms with Crippen LogP contribution in [0.5, 0.6) is 0 Å². The quantitative estimate of drug-likeness (QED) is 0.779. The smallest absolute Gasteiger partial charge is 0.0270 e. The van der Waals surface area contributed by atoms with Crippen LogP contribution in [0.3, 0.4) is 0 Å². The van der Waals surface area contributed by atoms with Crippen LogP contribution in [0.2, 0.25) is 0 Å². The lowest BCUT2D eigenvalue weighted by Gasteiger charge is -2.25. The number of hydrogen-bond acceptors (Lipinski definition) is 2. The second-order valence-corrected chi connectivity index (χ2v) is 5.22. The summed E-state index contributed by atoms with van der Waals surface area (Å²) in [6, 6.07) is 4.85. The lowest BCUT2D eigenvalue weighted by atomic mass is 9.85. The first-order valence-corrected chi connectivity index (χ1v) is 6.78. The number of rotatable bonds is 7. The molecule has 2 nitrogen and oxygen atoms in total. The molecule has 0 aliphatic heterocycles. The van der Waals surface area contributed by atoms with Crippen molar-refractivity contribution < 1.29 is 0 Å². The molecule has 1 rings (SSSR count). The fourth-order valence-electron chi connectivity index (χ4n) is 2.28. The van der Waals surface area contributed by atoms with Crippen molar-refractivity contribution in [2.24, 2.45) is 5.92 Å². The van der Waals surface area contributed by atoms with Gasteiger partial charge in [0.1, 0.15) is 0 Å².